The maximum absolute atomic E-state index is 12.9. The molecule has 0 radical (unpaired) electrons. The lowest BCUT2D eigenvalue weighted by molar-refractivity contribution is -0.137. The van der Waals surface area contributed by atoms with Crippen LogP contribution in [0.1, 0.15) is 52.4 Å². The van der Waals surface area contributed by atoms with Gasteiger partial charge in [-0.15, -0.1) is 0 Å². The van der Waals surface area contributed by atoms with Crippen LogP contribution in [0.25, 0.3) is 0 Å². The van der Waals surface area contributed by atoms with E-state index in [2.05, 4.69) is 10.6 Å². The molecule has 0 spiro atoms. The number of ketones is 1. The van der Waals surface area contributed by atoms with Gasteiger partial charge in [0, 0.05) is 38.0 Å². The van der Waals surface area contributed by atoms with Crippen LogP contribution in [0.4, 0.5) is 0 Å². The van der Waals surface area contributed by atoms with Gasteiger partial charge in [-0.3, -0.25) is 19.7 Å². The molecule has 3 atom stereocenters. The van der Waals surface area contributed by atoms with Crippen LogP contribution in [0, 0.1) is 5.92 Å². The Kier molecular flexibility index (Phi) is 5.74. The number of carbonyl (C=O) groups is 3. The van der Waals surface area contributed by atoms with E-state index in [0.29, 0.717) is 13.1 Å². The lowest BCUT2D eigenvalue weighted by Gasteiger charge is -2.32. The molecule has 140 valence electrons. The molecule has 2 saturated heterocycles. The summed E-state index contributed by atoms with van der Waals surface area (Å²) in [5, 5.41) is 6.20. The largest absolute Gasteiger partial charge is 0.354 e. The Morgan fingerprint density at radius 1 is 1.00 bits per heavy atom. The van der Waals surface area contributed by atoms with Gasteiger partial charge in [0.25, 0.3) is 0 Å². The first-order valence-electron chi connectivity index (χ1n) is 9.42. The number of rotatable bonds is 3. The number of hydrogen-bond donors (Lipinski definition) is 2. The molecule has 1 saturated carbocycles. The number of hydrogen-bond acceptors (Lipinski definition) is 5. The number of nitrogens with zero attached hydrogens (tertiary/aromatic N) is 1. The van der Waals surface area contributed by atoms with Crippen molar-refractivity contribution in [2.24, 2.45) is 5.92 Å². The molecule has 0 aromatic rings. The van der Waals surface area contributed by atoms with Crippen molar-refractivity contribution >= 4 is 17.6 Å². The van der Waals surface area contributed by atoms with Crippen molar-refractivity contribution in [3.8, 4) is 0 Å². The van der Waals surface area contributed by atoms with Gasteiger partial charge in [0.2, 0.25) is 11.8 Å². The first kappa shape index (κ1) is 18.3. The summed E-state index contributed by atoms with van der Waals surface area (Å²) in [6.45, 7) is 4.48. The maximum Gasteiger partial charge on any atom is 0.225 e. The maximum atomic E-state index is 12.9. The predicted molar refractivity (Wildman–Crippen MR) is 91.6 cm³/mol. The highest BCUT2D eigenvalue weighted by atomic mass is 16.5. The van der Waals surface area contributed by atoms with Crippen molar-refractivity contribution in [3.05, 3.63) is 0 Å². The number of carbonyl (C=O) groups excluding carboxylic acids is 3. The molecule has 0 aromatic carbocycles. The van der Waals surface area contributed by atoms with E-state index < -0.39 is 6.23 Å². The molecule has 0 aromatic heterocycles. The third-order valence-electron chi connectivity index (χ3n) is 5.68. The molecular weight excluding hydrogens is 322 g/mol. The van der Waals surface area contributed by atoms with Crippen LogP contribution in [0.15, 0.2) is 0 Å². The number of fused-ring (bicyclic) bond motifs is 1. The Hall–Kier alpha value is -1.47. The fourth-order valence-corrected chi connectivity index (χ4v) is 4.30. The van der Waals surface area contributed by atoms with Crippen molar-refractivity contribution < 1.29 is 19.1 Å². The van der Waals surface area contributed by atoms with Crippen LogP contribution < -0.4 is 10.6 Å². The van der Waals surface area contributed by atoms with Gasteiger partial charge in [0.1, 0.15) is 0 Å². The smallest absolute Gasteiger partial charge is 0.225 e. The Balaban J connectivity index is 1.48. The molecule has 3 aliphatic rings. The van der Waals surface area contributed by atoms with Gasteiger partial charge in [-0.1, -0.05) is 0 Å². The Labute approximate surface area is 148 Å². The first-order valence-corrected chi connectivity index (χ1v) is 9.42. The van der Waals surface area contributed by atoms with Crippen LogP contribution in [0.5, 0.6) is 0 Å². The fraction of sp³-hybridized carbons (Fsp3) is 0.833. The van der Waals surface area contributed by atoms with E-state index >= 15 is 0 Å². The minimum Gasteiger partial charge on any atom is -0.354 e. The molecule has 2 amide bonds. The Morgan fingerprint density at radius 3 is 2.32 bits per heavy atom. The highest BCUT2D eigenvalue weighted by Gasteiger charge is 2.39. The van der Waals surface area contributed by atoms with E-state index in [9.17, 15) is 14.4 Å². The second kappa shape index (κ2) is 7.83. The zero-order valence-electron chi connectivity index (χ0n) is 15.1. The van der Waals surface area contributed by atoms with Crippen LogP contribution in [-0.4, -0.2) is 60.0 Å². The van der Waals surface area contributed by atoms with Crippen LogP contribution in [-0.2, 0) is 19.1 Å². The van der Waals surface area contributed by atoms with Gasteiger partial charge in [-0.25, -0.2) is 0 Å². The summed E-state index contributed by atoms with van der Waals surface area (Å²) in [4.78, 5) is 37.4. The third-order valence-corrected chi connectivity index (χ3v) is 5.68. The topological polar surface area (TPSA) is 87.7 Å². The molecule has 1 aliphatic carbocycles. The number of ether oxygens (including phenoxy) is 1. The lowest BCUT2D eigenvalue weighted by atomic mass is 9.85. The fourth-order valence-electron chi connectivity index (χ4n) is 4.30. The minimum absolute atomic E-state index is 0.00481. The van der Waals surface area contributed by atoms with Gasteiger partial charge >= 0.3 is 0 Å². The summed E-state index contributed by atoms with van der Waals surface area (Å²) in [5.74, 6) is 0.327. The van der Waals surface area contributed by atoms with E-state index in [4.69, 9.17) is 4.74 Å². The van der Waals surface area contributed by atoms with Gasteiger partial charge < -0.3 is 15.0 Å². The summed E-state index contributed by atoms with van der Waals surface area (Å²) >= 11 is 0. The predicted octanol–water partition coefficient (Wildman–Crippen LogP) is 0.576. The monoisotopic (exact) mass is 351 g/mol. The molecule has 0 bridgehead atoms. The second-order valence-corrected chi connectivity index (χ2v) is 7.59. The number of amides is 2. The lowest BCUT2D eigenvalue weighted by Crippen LogP contribution is -2.42. The quantitative estimate of drug-likeness (QED) is 0.776. The molecule has 2 heterocycles. The van der Waals surface area contributed by atoms with E-state index in [1.54, 1.807) is 0 Å². The zero-order valence-corrected chi connectivity index (χ0v) is 15.1. The summed E-state index contributed by atoms with van der Waals surface area (Å²) in [6.07, 6.45) is 4.56. The SMILES string of the molecule is CC(=O)NC1CCC(C(=O)N2CCC3NC(C(C)=O)OC3CC2)CC1. The standard InChI is InChI=1S/C18H29N3O4/c1-11(22)17-20-15-7-9-21(10-8-16(15)25-17)18(24)13-3-5-14(6-4-13)19-12(2)23/h13-17,20H,3-10H2,1-2H3,(H,19,23). The number of Topliss-reactive ketones (excluding diaryl/α,β-unsaturated/α-hetero) is 1. The number of nitrogens with one attached hydrogen (secondary N) is 2. The normalized spacial score (nSPS) is 35.6. The molecule has 2 N–H and O–H groups in total. The Morgan fingerprint density at radius 2 is 1.68 bits per heavy atom. The molecule has 3 fully saturated rings. The van der Waals surface area contributed by atoms with Crippen LogP contribution in [0.2, 0.25) is 0 Å². The van der Waals surface area contributed by atoms with E-state index in [0.717, 1.165) is 38.5 Å². The van der Waals surface area contributed by atoms with Crippen molar-refractivity contribution in [3.63, 3.8) is 0 Å². The second-order valence-electron chi connectivity index (χ2n) is 7.59. The molecule has 3 unspecified atom stereocenters. The van der Waals surface area contributed by atoms with Crippen molar-refractivity contribution in [2.75, 3.05) is 13.1 Å². The van der Waals surface area contributed by atoms with Crippen LogP contribution >= 0.6 is 0 Å². The average molecular weight is 351 g/mol. The van der Waals surface area contributed by atoms with Gasteiger partial charge in [-0.05, 0) is 45.4 Å². The minimum atomic E-state index is -0.485. The zero-order chi connectivity index (χ0) is 18.0. The van der Waals surface area contributed by atoms with Crippen molar-refractivity contribution in [1.29, 1.82) is 0 Å². The number of likely N-dealkylation sites (tertiary alicyclic amines) is 1. The molecule has 2 aliphatic heterocycles. The van der Waals surface area contributed by atoms with E-state index in [1.165, 1.54) is 13.8 Å². The van der Waals surface area contributed by atoms with E-state index in [-0.39, 0.29) is 41.7 Å². The van der Waals surface area contributed by atoms with Gasteiger partial charge in [0.05, 0.1) is 6.10 Å². The van der Waals surface area contributed by atoms with Crippen LogP contribution in [0.3, 0.4) is 0 Å². The third kappa shape index (κ3) is 4.39. The molecular formula is C18H29N3O4. The summed E-state index contributed by atoms with van der Waals surface area (Å²) in [5.41, 5.74) is 0. The van der Waals surface area contributed by atoms with Gasteiger partial charge in [0.15, 0.2) is 12.0 Å². The molecule has 7 heteroatoms. The Bertz CT molecular complexity index is 514. The summed E-state index contributed by atoms with van der Waals surface area (Å²) in [6, 6.07) is 0.369. The van der Waals surface area contributed by atoms with Crippen molar-refractivity contribution in [2.45, 2.75) is 76.8 Å². The highest BCUT2D eigenvalue weighted by Crippen LogP contribution is 2.28. The average Bonchev–Trinajstić information content (AvgIpc) is 2.88. The molecule has 25 heavy (non-hydrogen) atoms. The van der Waals surface area contributed by atoms with Gasteiger partial charge in [-0.2, -0.15) is 0 Å². The first-order chi connectivity index (χ1) is 11.9. The van der Waals surface area contributed by atoms with E-state index in [1.807, 2.05) is 4.90 Å². The highest BCUT2D eigenvalue weighted by molar-refractivity contribution is 5.80. The summed E-state index contributed by atoms with van der Waals surface area (Å²) < 4.78 is 5.79. The summed E-state index contributed by atoms with van der Waals surface area (Å²) in [7, 11) is 0. The molecule has 7 nitrogen and oxygen atoms in total. The molecule has 3 rings (SSSR count). The van der Waals surface area contributed by atoms with Crippen molar-refractivity contribution in [1.82, 2.24) is 15.5 Å².